The topological polar surface area (TPSA) is 9.23 Å². The maximum atomic E-state index is 5.58. The first-order valence-electron chi connectivity index (χ1n) is 3.93. The van der Waals surface area contributed by atoms with Crippen molar-refractivity contribution in [2.24, 2.45) is 0 Å². The van der Waals surface area contributed by atoms with Gasteiger partial charge in [-0.05, 0) is 31.2 Å². The normalized spacial score (nSPS) is 9.92. The van der Waals surface area contributed by atoms with Crippen molar-refractivity contribution in [2.75, 3.05) is 12.2 Å². The van der Waals surface area contributed by atoms with Gasteiger partial charge in [-0.15, -0.1) is 11.8 Å². The van der Waals surface area contributed by atoms with Gasteiger partial charge in [0, 0.05) is 0 Å². The summed E-state index contributed by atoms with van der Waals surface area (Å²) in [6.45, 7) is 4.14. The molecule has 66 valence electrons. The molecule has 0 aliphatic carbocycles. The summed E-state index contributed by atoms with van der Waals surface area (Å²) in [6.07, 6.45) is 2.04. The number of benzene rings is 1. The third-order valence-corrected chi connectivity index (χ3v) is 2.08. The molecule has 1 rings (SSSR count). The maximum absolute atomic E-state index is 5.58. The number of para-hydroxylation sites is 1. The molecule has 0 radical (unpaired) electrons. The predicted molar refractivity (Wildman–Crippen MR) is 54.9 cm³/mol. The van der Waals surface area contributed by atoms with E-state index in [1.165, 1.54) is 11.1 Å². The lowest BCUT2D eigenvalue weighted by Gasteiger charge is -2.09. The van der Waals surface area contributed by atoms with E-state index in [1.807, 2.05) is 6.26 Å². The van der Waals surface area contributed by atoms with Crippen molar-refractivity contribution in [1.82, 2.24) is 0 Å². The van der Waals surface area contributed by atoms with Crippen molar-refractivity contribution < 1.29 is 4.74 Å². The van der Waals surface area contributed by atoms with Gasteiger partial charge >= 0.3 is 0 Å². The van der Waals surface area contributed by atoms with Gasteiger partial charge in [0.1, 0.15) is 11.7 Å². The monoisotopic (exact) mass is 182 g/mol. The Morgan fingerprint density at radius 2 is 1.83 bits per heavy atom. The molecule has 12 heavy (non-hydrogen) atoms. The molecule has 0 spiro atoms. The van der Waals surface area contributed by atoms with Gasteiger partial charge in [0.2, 0.25) is 0 Å². The number of hydrogen-bond acceptors (Lipinski definition) is 2. The van der Waals surface area contributed by atoms with E-state index in [0.29, 0.717) is 0 Å². The molecule has 0 aliphatic heterocycles. The number of hydrogen-bond donors (Lipinski definition) is 0. The van der Waals surface area contributed by atoms with Crippen LogP contribution in [0.3, 0.4) is 0 Å². The van der Waals surface area contributed by atoms with Crippen LogP contribution in [-0.2, 0) is 0 Å². The molecule has 2 heteroatoms. The lowest BCUT2D eigenvalue weighted by Crippen LogP contribution is -1.96. The molecule has 0 atom stereocenters. The zero-order valence-corrected chi connectivity index (χ0v) is 8.57. The van der Waals surface area contributed by atoms with E-state index in [-0.39, 0.29) is 0 Å². The smallest absolute Gasteiger partial charge is 0.134 e. The fraction of sp³-hybridized carbons (Fsp3) is 0.400. The molecule has 0 saturated carbocycles. The van der Waals surface area contributed by atoms with Gasteiger partial charge in [-0.1, -0.05) is 18.2 Å². The van der Waals surface area contributed by atoms with Gasteiger partial charge in [0.25, 0.3) is 0 Å². The highest BCUT2D eigenvalue weighted by molar-refractivity contribution is 7.98. The Kier molecular flexibility index (Phi) is 3.48. The van der Waals surface area contributed by atoms with Gasteiger partial charge in [-0.25, -0.2) is 0 Å². The fourth-order valence-corrected chi connectivity index (χ4v) is 1.38. The molecule has 0 aliphatic rings. The van der Waals surface area contributed by atoms with E-state index in [4.69, 9.17) is 4.74 Å². The fourth-order valence-electron chi connectivity index (χ4n) is 1.14. The van der Waals surface area contributed by atoms with Crippen molar-refractivity contribution >= 4 is 11.8 Å². The summed E-state index contributed by atoms with van der Waals surface area (Å²) in [7, 11) is 0. The number of ether oxygens (including phenoxy) is 1. The molecular weight excluding hydrogens is 168 g/mol. The summed E-state index contributed by atoms with van der Waals surface area (Å²) in [5, 5.41) is 0. The Balaban J connectivity index is 2.81. The molecule has 0 bridgehead atoms. The molecule has 0 unspecified atom stereocenters. The summed E-state index contributed by atoms with van der Waals surface area (Å²) in [4.78, 5) is 0. The molecule has 1 aromatic rings. The van der Waals surface area contributed by atoms with E-state index in [1.54, 1.807) is 11.8 Å². The van der Waals surface area contributed by atoms with Crippen LogP contribution in [0.1, 0.15) is 11.1 Å². The van der Waals surface area contributed by atoms with Crippen LogP contribution < -0.4 is 4.74 Å². The van der Waals surface area contributed by atoms with E-state index in [2.05, 4.69) is 32.0 Å². The van der Waals surface area contributed by atoms with Crippen LogP contribution in [0.5, 0.6) is 5.75 Å². The Morgan fingerprint density at radius 3 is 2.33 bits per heavy atom. The molecule has 0 aromatic heterocycles. The van der Waals surface area contributed by atoms with Gasteiger partial charge < -0.3 is 4.74 Å². The Bertz CT molecular complexity index is 238. The second-order valence-electron chi connectivity index (χ2n) is 2.77. The van der Waals surface area contributed by atoms with Crippen LogP contribution in [0.25, 0.3) is 0 Å². The van der Waals surface area contributed by atoms with Crippen LogP contribution in [-0.4, -0.2) is 12.2 Å². The van der Waals surface area contributed by atoms with E-state index in [0.717, 1.165) is 11.7 Å². The van der Waals surface area contributed by atoms with E-state index < -0.39 is 0 Å². The van der Waals surface area contributed by atoms with Crippen LogP contribution in [0, 0.1) is 13.8 Å². The molecule has 1 nitrogen and oxygen atoms in total. The summed E-state index contributed by atoms with van der Waals surface area (Å²) >= 11 is 1.69. The first-order chi connectivity index (χ1) is 5.75. The van der Waals surface area contributed by atoms with Gasteiger partial charge in [-0.2, -0.15) is 0 Å². The Labute approximate surface area is 78.1 Å². The lowest BCUT2D eigenvalue weighted by atomic mass is 10.1. The van der Waals surface area contributed by atoms with Crippen LogP contribution >= 0.6 is 11.8 Å². The lowest BCUT2D eigenvalue weighted by molar-refractivity contribution is 0.387. The van der Waals surface area contributed by atoms with Gasteiger partial charge in [0.05, 0.1) is 0 Å². The van der Waals surface area contributed by atoms with Gasteiger partial charge in [0.15, 0.2) is 0 Å². The largest absolute Gasteiger partial charge is 0.482 e. The SMILES string of the molecule is CSCOc1c(C)cccc1C. The van der Waals surface area contributed by atoms with Crippen LogP contribution in [0.15, 0.2) is 18.2 Å². The quantitative estimate of drug-likeness (QED) is 0.665. The van der Waals surface area contributed by atoms with E-state index >= 15 is 0 Å². The summed E-state index contributed by atoms with van der Waals surface area (Å²) in [5.74, 6) is 1.76. The first kappa shape index (κ1) is 9.46. The first-order valence-corrected chi connectivity index (χ1v) is 5.33. The minimum Gasteiger partial charge on any atom is -0.482 e. The molecular formula is C10H14OS. The van der Waals surface area contributed by atoms with Crippen molar-refractivity contribution in [1.29, 1.82) is 0 Å². The average Bonchev–Trinajstić information content (AvgIpc) is 2.04. The van der Waals surface area contributed by atoms with Crippen molar-refractivity contribution in [3.05, 3.63) is 29.3 Å². The molecule has 0 amide bonds. The maximum Gasteiger partial charge on any atom is 0.134 e. The third kappa shape index (κ3) is 2.18. The molecule has 0 saturated heterocycles. The number of thioether (sulfide) groups is 1. The summed E-state index contributed by atoms with van der Waals surface area (Å²) in [6, 6.07) is 6.20. The zero-order chi connectivity index (χ0) is 8.97. The number of rotatable bonds is 3. The number of aryl methyl sites for hydroxylation is 2. The van der Waals surface area contributed by atoms with Crippen LogP contribution in [0.2, 0.25) is 0 Å². The highest BCUT2D eigenvalue weighted by Gasteiger charge is 2.01. The molecule has 0 N–H and O–H groups in total. The minimum atomic E-state index is 0.728. The van der Waals surface area contributed by atoms with Crippen LogP contribution in [0.4, 0.5) is 0 Å². The van der Waals surface area contributed by atoms with Crippen molar-refractivity contribution in [3.8, 4) is 5.75 Å². The van der Waals surface area contributed by atoms with E-state index in [9.17, 15) is 0 Å². The second-order valence-corrected chi connectivity index (χ2v) is 3.58. The molecule has 0 fully saturated rings. The molecule has 1 aromatic carbocycles. The minimum absolute atomic E-state index is 0.728. The Morgan fingerprint density at radius 1 is 1.25 bits per heavy atom. The average molecular weight is 182 g/mol. The summed E-state index contributed by atoms with van der Waals surface area (Å²) < 4.78 is 5.58. The predicted octanol–water partition coefficient (Wildman–Crippen LogP) is 3.00. The van der Waals surface area contributed by atoms with Crippen molar-refractivity contribution in [3.63, 3.8) is 0 Å². The second kappa shape index (κ2) is 4.41. The highest BCUT2D eigenvalue weighted by Crippen LogP contribution is 2.22. The van der Waals surface area contributed by atoms with Crippen molar-refractivity contribution in [2.45, 2.75) is 13.8 Å². The standard InChI is InChI=1S/C10H14OS/c1-8-5-4-6-9(2)10(8)11-7-12-3/h4-6H,7H2,1-3H3. The zero-order valence-electron chi connectivity index (χ0n) is 7.76. The highest BCUT2D eigenvalue weighted by atomic mass is 32.2. The van der Waals surface area contributed by atoms with Gasteiger partial charge in [-0.3, -0.25) is 0 Å². The summed E-state index contributed by atoms with van der Waals surface area (Å²) in [5.41, 5.74) is 2.42. The Hall–Kier alpha value is -0.630. The third-order valence-electron chi connectivity index (χ3n) is 1.73. The molecule has 0 heterocycles.